The molecule has 0 aliphatic heterocycles. The van der Waals surface area contributed by atoms with Crippen LogP contribution in [0.4, 0.5) is 5.82 Å². The third-order valence-electron chi connectivity index (χ3n) is 3.68. The topological polar surface area (TPSA) is 117 Å². The van der Waals surface area contributed by atoms with Gasteiger partial charge in [0.05, 0.1) is 10.6 Å². The summed E-state index contributed by atoms with van der Waals surface area (Å²) in [4.78, 5) is 33.2. The van der Waals surface area contributed by atoms with E-state index in [0.29, 0.717) is 17.0 Å². The van der Waals surface area contributed by atoms with E-state index in [0.717, 1.165) is 4.88 Å². The number of nitrogens with zero attached hydrogens (tertiary/aromatic N) is 3. The van der Waals surface area contributed by atoms with E-state index in [2.05, 4.69) is 9.97 Å². The second-order valence-electron chi connectivity index (χ2n) is 5.75. The number of primary amides is 1. The fourth-order valence-electron chi connectivity index (χ4n) is 2.46. The lowest BCUT2D eigenvalue weighted by Gasteiger charge is -2.14. The molecule has 0 atom stereocenters. The van der Waals surface area contributed by atoms with Crippen LogP contribution in [0.1, 0.15) is 30.4 Å². The molecule has 0 saturated carbocycles. The van der Waals surface area contributed by atoms with E-state index >= 15 is 0 Å². The van der Waals surface area contributed by atoms with E-state index in [1.807, 2.05) is 31.4 Å². The number of pyridine rings is 1. The van der Waals surface area contributed by atoms with E-state index in [1.54, 1.807) is 16.8 Å². The predicted octanol–water partition coefficient (Wildman–Crippen LogP) is 2.30. The zero-order valence-electron chi connectivity index (χ0n) is 13.8. The van der Waals surface area contributed by atoms with Crippen molar-refractivity contribution in [2.75, 3.05) is 5.73 Å². The van der Waals surface area contributed by atoms with E-state index in [9.17, 15) is 9.59 Å². The van der Waals surface area contributed by atoms with Crippen LogP contribution in [0.5, 0.6) is 0 Å². The SMILES string of the molecule is CC(C)n1cc(-c2nc(C(N)=O)c(N)nc2-c2cccs2)ccc1=O. The van der Waals surface area contributed by atoms with E-state index < -0.39 is 5.91 Å². The average Bonchev–Trinajstić information content (AvgIpc) is 3.09. The van der Waals surface area contributed by atoms with Gasteiger partial charge in [0.1, 0.15) is 5.69 Å². The number of amides is 1. The average molecular weight is 355 g/mol. The number of hydrogen-bond donors (Lipinski definition) is 2. The second-order valence-corrected chi connectivity index (χ2v) is 6.70. The third-order valence-corrected chi connectivity index (χ3v) is 4.56. The Morgan fingerprint density at radius 3 is 2.56 bits per heavy atom. The Morgan fingerprint density at radius 1 is 1.20 bits per heavy atom. The predicted molar refractivity (Wildman–Crippen MR) is 98.4 cm³/mol. The molecule has 0 unspecified atom stereocenters. The van der Waals surface area contributed by atoms with Gasteiger partial charge in [0.25, 0.3) is 11.5 Å². The molecule has 0 aliphatic rings. The largest absolute Gasteiger partial charge is 0.382 e. The minimum Gasteiger partial charge on any atom is -0.382 e. The van der Waals surface area contributed by atoms with Crippen molar-refractivity contribution in [3.8, 4) is 21.8 Å². The Morgan fingerprint density at radius 2 is 1.96 bits per heavy atom. The molecule has 0 spiro atoms. The molecule has 1 amide bonds. The van der Waals surface area contributed by atoms with Crippen molar-refractivity contribution in [3.05, 3.63) is 51.9 Å². The summed E-state index contributed by atoms with van der Waals surface area (Å²) < 4.78 is 1.59. The molecule has 3 aromatic heterocycles. The molecule has 0 saturated heterocycles. The van der Waals surface area contributed by atoms with Crippen molar-refractivity contribution >= 4 is 23.1 Å². The number of anilines is 1. The summed E-state index contributed by atoms with van der Waals surface area (Å²) >= 11 is 1.48. The summed E-state index contributed by atoms with van der Waals surface area (Å²) in [6, 6.07) is 6.88. The normalized spacial score (nSPS) is 11.0. The first-order chi connectivity index (χ1) is 11.9. The van der Waals surface area contributed by atoms with Gasteiger partial charge in [-0.1, -0.05) is 6.07 Å². The number of carbonyl (C=O) groups is 1. The lowest BCUT2D eigenvalue weighted by molar-refractivity contribution is 0.0996. The number of aromatic nitrogens is 3. The van der Waals surface area contributed by atoms with Gasteiger partial charge in [0.15, 0.2) is 11.5 Å². The van der Waals surface area contributed by atoms with Crippen molar-refractivity contribution in [1.29, 1.82) is 0 Å². The van der Waals surface area contributed by atoms with Crippen molar-refractivity contribution in [3.63, 3.8) is 0 Å². The Hall–Kier alpha value is -3.00. The van der Waals surface area contributed by atoms with Crippen molar-refractivity contribution < 1.29 is 4.79 Å². The van der Waals surface area contributed by atoms with Gasteiger partial charge in [0, 0.05) is 23.9 Å². The highest BCUT2D eigenvalue weighted by atomic mass is 32.1. The summed E-state index contributed by atoms with van der Waals surface area (Å²) in [7, 11) is 0. The monoisotopic (exact) mass is 355 g/mol. The van der Waals surface area contributed by atoms with Crippen LogP contribution in [0.25, 0.3) is 21.8 Å². The molecule has 4 N–H and O–H groups in total. The van der Waals surface area contributed by atoms with Crippen LogP contribution >= 0.6 is 11.3 Å². The first-order valence-corrected chi connectivity index (χ1v) is 8.50. The highest BCUT2D eigenvalue weighted by molar-refractivity contribution is 7.13. The molecule has 0 aliphatic carbocycles. The van der Waals surface area contributed by atoms with Crippen LogP contribution in [-0.2, 0) is 0 Å². The summed E-state index contributed by atoms with van der Waals surface area (Å²) in [5.74, 6) is -0.766. The van der Waals surface area contributed by atoms with Gasteiger partial charge in [-0.3, -0.25) is 9.59 Å². The maximum atomic E-state index is 12.0. The maximum absolute atomic E-state index is 12.0. The van der Waals surface area contributed by atoms with Crippen LogP contribution in [0, 0.1) is 0 Å². The van der Waals surface area contributed by atoms with Gasteiger partial charge >= 0.3 is 0 Å². The quantitative estimate of drug-likeness (QED) is 0.744. The molecule has 7 nitrogen and oxygen atoms in total. The molecule has 128 valence electrons. The smallest absolute Gasteiger partial charge is 0.271 e. The van der Waals surface area contributed by atoms with Crippen molar-refractivity contribution in [2.45, 2.75) is 19.9 Å². The number of nitrogen functional groups attached to an aromatic ring is 1. The molecular formula is C17H17N5O2S. The van der Waals surface area contributed by atoms with E-state index in [4.69, 9.17) is 11.5 Å². The number of carbonyl (C=O) groups excluding carboxylic acids is 1. The zero-order chi connectivity index (χ0) is 18.1. The van der Waals surface area contributed by atoms with Gasteiger partial charge in [-0.2, -0.15) is 0 Å². The highest BCUT2D eigenvalue weighted by Gasteiger charge is 2.19. The zero-order valence-corrected chi connectivity index (χ0v) is 14.6. The molecule has 0 aromatic carbocycles. The standard InChI is InChI=1S/C17H17N5O2S/c1-9(2)22-8-10(5-6-12(22)23)13-14(11-4-3-7-25-11)21-16(18)15(20-13)17(19)24/h3-9H,1-2H3,(H2,18,21)(H2,19,24). The first-order valence-electron chi connectivity index (χ1n) is 7.62. The summed E-state index contributed by atoms with van der Waals surface area (Å²) in [5, 5.41) is 1.91. The lowest BCUT2D eigenvalue weighted by Crippen LogP contribution is -2.21. The Labute approximate surface area is 148 Å². The molecule has 3 aromatic rings. The van der Waals surface area contributed by atoms with E-state index in [-0.39, 0.29) is 23.1 Å². The number of rotatable bonds is 4. The van der Waals surface area contributed by atoms with Crippen molar-refractivity contribution in [1.82, 2.24) is 14.5 Å². The summed E-state index contributed by atoms with van der Waals surface area (Å²) in [6.45, 7) is 3.82. The van der Waals surface area contributed by atoms with Gasteiger partial charge in [0.2, 0.25) is 0 Å². The van der Waals surface area contributed by atoms with Crippen LogP contribution in [0.3, 0.4) is 0 Å². The van der Waals surface area contributed by atoms with Crippen LogP contribution < -0.4 is 17.0 Å². The van der Waals surface area contributed by atoms with Gasteiger partial charge < -0.3 is 16.0 Å². The molecule has 3 rings (SSSR count). The first kappa shape index (κ1) is 16.8. The Bertz CT molecular complexity index is 993. The minimum absolute atomic E-state index is 0.0168. The number of hydrogen-bond acceptors (Lipinski definition) is 6. The van der Waals surface area contributed by atoms with E-state index in [1.165, 1.54) is 17.4 Å². The molecule has 25 heavy (non-hydrogen) atoms. The van der Waals surface area contributed by atoms with Crippen LogP contribution in [0.2, 0.25) is 0 Å². The van der Waals surface area contributed by atoms with Gasteiger partial charge in [-0.25, -0.2) is 9.97 Å². The highest BCUT2D eigenvalue weighted by Crippen LogP contribution is 2.33. The van der Waals surface area contributed by atoms with Crippen LogP contribution in [-0.4, -0.2) is 20.4 Å². The van der Waals surface area contributed by atoms with Crippen molar-refractivity contribution in [2.24, 2.45) is 5.73 Å². The molecule has 8 heteroatoms. The molecular weight excluding hydrogens is 338 g/mol. The summed E-state index contributed by atoms with van der Waals surface area (Å²) in [5.41, 5.74) is 12.7. The maximum Gasteiger partial charge on any atom is 0.271 e. The Balaban J connectivity index is 2.30. The minimum atomic E-state index is -0.749. The molecule has 3 heterocycles. The lowest BCUT2D eigenvalue weighted by atomic mass is 10.1. The van der Waals surface area contributed by atoms with Gasteiger partial charge in [-0.05, 0) is 31.4 Å². The molecule has 0 fully saturated rings. The second kappa shape index (κ2) is 6.48. The third kappa shape index (κ3) is 3.16. The molecule has 0 radical (unpaired) electrons. The number of thiophene rings is 1. The fourth-order valence-corrected chi connectivity index (χ4v) is 3.18. The van der Waals surface area contributed by atoms with Crippen LogP contribution in [0.15, 0.2) is 40.6 Å². The number of nitrogens with two attached hydrogens (primary N) is 2. The fraction of sp³-hybridized carbons (Fsp3) is 0.176. The Kier molecular flexibility index (Phi) is 4.37. The summed E-state index contributed by atoms with van der Waals surface area (Å²) in [6.07, 6.45) is 1.70. The van der Waals surface area contributed by atoms with Gasteiger partial charge in [-0.15, -0.1) is 11.3 Å². The molecule has 0 bridgehead atoms.